The monoisotopic (exact) mass is 598 g/mol. The number of carboxylic acids is 1. The largest absolute Gasteiger partial charge is 0.476 e. The molecule has 232 valence electrons. The van der Waals surface area contributed by atoms with Crippen LogP contribution in [0.4, 0.5) is 4.79 Å². The number of rotatable bonds is 11. The van der Waals surface area contributed by atoms with Crippen LogP contribution in [0, 0.1) is 5.92 Å². The number of urea groups is 1. The second-order valence-corrected chi connectivity index (χ2v) is 12.1. The van der Waals surface area contributed by atoms with Crippen LogP contribution in [-0.4, -0.2) is 62.0 Å². The minimum Gasteiger partial charge on any atom is -0.476 e. The molecule has 0 radical (unpaired) electrons. The molecule has 2 aromatic carbocycles. The Kier molecular flexibility index (Phi) is 9.99. The Bertz CT molecular complexity index is 1570. The van der Waals surface area contributed by atoms with E-state index in [2.05, 4.69) is 25.6 Å². The zero-order chi connectivity index (χ0) is 31.1. The Labute approximate surface area is 257 Å². The summed E-state index contributed by atoms with van der Waals surface area (Å²) in [6, 6.07) is 15.8. The van der Waals surface area contributed by atoms with Gasteiger partial charge in [-0.2, -0.15) is 0 Å². The predicted octanol–water partition coefficient (Wildman–Crippen LogP) is 5.58. The summed E-state index contributed by atoms with van der Waals surface area (Å²) in [6.07, 6.45) is 7.19. The number of carbonyl (C=O) groups is 3. The zero-order valence-electron chi connectivity index (χ0n) is 25.4. The molecule has 1 saturated heterocycles. The van der Waals surface area contributed by atoms with Crippen LogP contribution in [0.25, 0.3) is 10.9 Å². The fourth-order valence-corrected chi connectivity index (χ4v) is 5.93. The van der Waals surface area contributed by atoms with Crippen LogP contribution in [-0.2, 0) is 17.6 Å². The number of nitrogens with zero attached hydrogens (tertiary/aromatic N) is 2. The standard InChI is InChI=1S/C34H42N6O4/c1-22(2)18-29(38-34(44)40-16-10-3-4-11-17-40)32(41)37-28(20-24-21-35-26-15-9-8-14-25(24)26)31-36-27(30(39-31)33(42)43)19-23-12-6-5-7-13-23/h5-9,12-15,21-22,28-29,35H,3-4,10-11,16-20H2,1-2H3,(H,36,39)(H,37,41)(H,38,44)(H,42,43)/t28-,29+/m1/s1. The fraction of sp³-hybridized carbons (Fsp3) is 0.412. The van der Waals surface area contributed by atoms with Crippen LogP contribution in [0.1, 0.15) is 85.1 Å². The minimum atomic E-state index is -1.14. The number of fused-ring (bicyclic) bond motifs is 1. The van der Waals surface area contributed by atoms with Gasteiger partial charge < -0.3 is 30.6 Å². The first kappa shape index (κ1) is 30.8. The van der Waals surface area contributed by atoms with E-state index in [1.807, 2.05) is 74.6 Å². The van der Waals surface area contributed by atoms with Gasteiger partial charge in [0.05, 0.1) is 11.7 Å². The van der Waals surface area contributed by atoms with Crippen molar-refractivity contribution in [1.29, 1.82) is 0 Å². The number of aromatic nitrogens is 3. The summed E-state index contributed by atoms with van der Waals surface area (Å²) in [5.41, 5.74) is 3.25. The molecule has 44 heavy (non-hydrogen) atoms. The molecular weight excluding hydrogens is 556 g/mol. The number of likely N-dealkylation sites (tertiary alicyclic amines) is 1. The third-order valence-corrected chi connectivity index (χ3v) is 8.18. The van der Waals surface area contributed by atoms with Gasteiger partial charge >= 0.3 is 12.0 Å². The van der Waals surface area contributed by atoms with Gasteiger partial charge in [0.15, 0.2) is 5.69 Å². The molecule has 3 heterocycles. The molecule has 5 N–H and O–H groups in total. The van der Waals surface area contributed by atoms with Crippen LogP contribution >= 0.6 is 0 Å². The Morgan fingerprint density at radius 3 is 2.36 bits per heavy atom. The van der Waals surface area contributed by atoms with E-state index in [0.29, 0.717) is 43.9 Å². The molecule has 3 amide bonds. The number of hydrogen-bond acceptors (Lipinski definition) is 4. The molecule has 2 aromatic heterocycles. The topological polar surface area (TPSA) is 143 Å². The van der Waals surface area contributed by atoms with E-state index in [4.69, 9.17) is 0 Å². The van der Waals surface area contributed by atoms with Gasteiger partial charge in [0.1, 0.15) is 11.9 Å². The maximum absolute atomic E-state index is 13.9. The van der Waals surface area contributed by atoms with Gasteiger partial charge in [-0.25, -0.2) is 14.6 Å². The van der Waals surface area contributed by atoms with Crippen molar-refractivity contribution in [3.63, 3.8) is 0 Å². The molecule has 1 aliphatic rings. The molecule has 0 aliphatic carbocycles. The van der Waals surface area contributed by atoms with Crippen LogP contribution < -0.4 is 10.6 Å². The first-order valence-electron chi connectivity index (χ1n) is 15.5. The van der Waals surface area contributed by atoms with Crippen molar-refractivity contribution in [1.82, 2.24) is 30.5 Å². The minimum absolute atomic E-state index is 0.0739. The second-order valence-electron chi connectivity index (χ2n) is 12.1. The second kappa shape index (κ2) is 14.2. The molecule has 0 saturated carbocycles. The van der Waals surface area contributed by atoms with Crippen LogP contribution in [0.2, 0.25) is 0 Å². The van der Waals surface area contributed by atoms with Crippen molar-refractivity contribution in [2.24, 2.45) is 5.92 Å². The molecule has 5 rings (SSSR count). The molecule has 0 bridgehead atoms. The number of nitrogens with one attached hydrogen (secondary N) is 4. The van der Waals surface area contributed by atoms with Crippen molar-refractivity contribution in [2.75, 3.05) is 13.1 Å². The highest BCUT2D eigenvalue weighted by molar-refractivity contribution is 5.88. The number of carbonyl (C=O) groups excluding carboxylic acids is 2. The van der Waals surface area contributed by atoms with Gasteiger partial charge in [-0.15, -0.1) is 0 Å². The molecule has 2 atom stereocenters. The number of aromatic amines is 2. The number of aromatic carboxylic acids is 1. The van der Waals surface area contributed by atoms with Gasteiger partial charge in [-0.3, -0.25) is 4.79 Å². The van der Waals surface area contributed by atoms with E-state index in [0.717, 1.165) is 47.7 Å². The first-order valence-corrected chi connectivity index (χ1v) is 15.5. The van der Waals surface area contributed by atoms with E-state index < -0.39 is 18.1 Å². The number of imidazole rings is 1. The number of hydrogen-bond donors (Lipinski definition) is 5. The van der Waals surface area contributed by atoms with E-state index in [9.17, 15) is 19.5 Å². The van der Waals surface area contributed by atoms with Crippen LogP contribution in [0.15, 0.2) is 60.8 Å². The van der Waals surface area contributed by atoms with Gasteiger partial charge in [-0.1, -0.05) is 75.2 Å². The average molecular weight is 599 g/mol. The quantitative estimate of drug-likeness (QED) is 0.153. The molecule has 1 fully saturated rings. The van der Waals surface area contributed by atoms with Crippen molar-refractivity contribution >= 4 is 28.8 Å². The highest BCUT2D eigenvalue weighted by Crippen LogP contribution is 2.25. The van der Waals surface area contributed by atoms with E-state index in [1.165, 1.54) is 0 Å². The number of H-pyrrole nitrogens is 2. The average Bonchev–Trinajstić information content (AvgIpc) is 3.50. The third kappa shape index (κ3) is 7.67. The normalized spacial score (nSPS) is 15.1. The highest BCUT2D eigenvalue weighted by atomic mass is 16.4. The first-order chi connectivity index (χ1) is 21.3. The number of para-hydroxylation sites is 1. The lowest BCUT2D eigenvalue weighted by Gasteiger charge is -2.27. The number of carboxylic acid groups (broad SMARTS) is 1. The molecule has 4 aromatic rings. The molecular formula is C34H42N6O4. The summed E-state index contributed by atoms with van der Waals surface area (Å²) in [5, 5.41) is 17.2. The lowest BCUT2D eigenvalue weighted by molar-refractivity contribution is -0.124. The van der Waals surface area contributed by atoms with E-state index in [1.54, 1.807) is 4.90 Å². The molecule has 0 spiro atoms. The van der Waals surface area contributed by atoms with Crippen LogP contribution in [0.3, 0.4) is 0 Å². The molecule has 0 unspecified atom stereocenters. The van der Waals surface area contributed by atoms with Gasteiger partial charge in [0.25, 0.3) is 0 Å². The summed E-state index contributed by atoms with van der Waals surface area (Å²) in [4.78, 5) is 52.3. The molecule has 1 aliphatic heterocycles. The summed E-state index contributed by atoms with van der Waals surface area (Å²) in [7, 11) is 0. The summed E-state index contributed by atoms with van der Waals surface area (Å²) < 4.78 is 0. The number of amides is 3. The van der Waals surface area contributed by atoms with Crippen LogP contribution in [0.5, 0.6) is 0 Å². The smallest absolute Gasteiger partial charge is 0.356 e. The lowest BCUT2D eigenvalue weighted by Crippen LogP contribution is -2.52. The molecule has 10 nitrogen and oxygen atoms in total. The SMILES string of the molecule is CC(C)C[C@H](NC(=O)N1CCCCCC1)C(=O)N[C@H](Cc1c[nH]c2ccccc12)c1nc(C(=O)O)c(Cc2ccccc2)[nH]1. The van der Waals surface area contributed by atoms with Gasteiger partial charge in [-0.05, 0) is 42.4 Å². The predicted molar refractivity (Wildman–Crippen MR) is 169 cm³/mol. The van der Waals surface area contributed by atoms with Gasteiger partial charge in [0, 0.05) is 43.0 Å². The number of benzene rings is 2. The maximum Gasteiger partial charge on any atom is 0.356 e. The van der Waals surface area contributed by atoms with Crippen molar-refractivity contribution in [3.05, 3.63) is 89.1 Å². The lowest BCUT2D eigenvalue weighted by atomic mass is 10.0. The van der Waals surface area contributed by atoms with Gasteiger partial charge in [0.2, 0.25) is 5.91 Å². The summed E-state index contributed by atoms with van der Waals surface area (Å²) in [5.74, 6) is -0.960. The Balaban J connectivity index is 1.45. The highest BCUT2D eigenvalue weighted by Gasteiger charge is 2.30. The maximum atomic E-state index is 13.9. The third-order valence-electron chi connectivity index (χ3n) is 8.18. The fourth-order valence-electron chi connectivity index (χ4n) is 5.93. The Morgan fingerprint density at radius 2 is 1.66 bits per heavy atom. The zero-order valence-corrected chi connectivity index (χ0v) is 25.4. The Hall–Kier alpha value is -4.60. The van der Waals surface area contributed by atoms with Crippen molar-refractivity contribution in [3.8, 4) is 0 Å². The van der Waals surface area contributed by atoms with E-state index >= 15 is 0 Å². The summed E-state index contributed by atoms with van der Waals surface area (Å²) >= 11 is 0. The molecule has 10 heteroatoms. The van der Waals surface area contributed by atoms with Crippen molar-refractivity contribution < 1.29 is 19.5 Å². The summed E-state index contributed by atoms with van der Waals surface area (Å²) in [6.45, 7) is 5.39. The van der Waals surface area contributed by atoms with Crippen molar-refractivity contribution in [2.45, 2.75) is 70.9 Å². The Morgan fingerprint density at radius 1 is 0.955 bits per heavy atom. The van der Waals surface area contributed by atoms with E-state index in [-0.39, 0.29) is 23.6 Å².